The fourth-order valence-corrected chi connectivity index (χ4v) is 5.33. The van der Waals surface area contributed by atoms with Crippen LogP contribution in [0.5, 0.6) is 0 Å². The third-order valence-corrected chi connectivity index (χ3v) is 6.64. The monoisotopic (exact) mass is 329 g/mol. The van der Waals surface area contributed by atoms with Gasteiger partial charge in [0.2, 0.25) is 5.91 Å². The summed E-state index contributed by atoms with van der Waals surface area (Å²) in [6.07, 6.45) is 5.22. The lowest BCUT2D eigenvalue weighted by Crippen LogP contribution is -2.11. The molecule has 3 nitrogen and oxygen atoms in total. The van der Waals surface area contributed by atoms with E-state index in [1.165, 1.54) is 18.6 Å². The fraction of sp³-hybridized carbons (Fsp3) is 0.500. The Morgan fingerprint density at radius 1 is 1.35 bits per heavy atom. The number of carbonyl (C=O) groups excluding carboxylic acids is 1. The van der Waals surface area contributed by atoms with Crippen molar-refractivity contribution in [3.05, 3.63) is 24.3 Å². The van der Waals surface area contributed by atoms with Crippen LogP contribution >= 0.6 is 33.6 Å². The highest BCUT2D eigenvalue weighted by atomic mass is 33.1. The Balaban J connectivity index is 1.61. The average Bonchev–Trinajstić information content (AvgIpc) is 2.98. The number of anilines is 1. The predicted octanol–water partition coefficient (Wildman–Crippen LogP) is 4.90. The second-order valence-electron chi connectivity index (χ2n) is 4.74. The van der Waals surface area contributed by atoms with Crippen molar-refractivity contribution in [1.82, 2.24) is 0 Å². The summed E-state index contributed by atoms with van der Waals surface area (Å²) in [4.78, 5) is 12.6. The van der Waals surface area contributed by atoms with E-state index in [-0.39, 0.29) is 5.91 Å². The second kappa shape index (κ2) is 8.87. The van der Waals surface area contributed by atoms with Gasteiger partial charge in [-0.15, -0.1) is 0 Å². The largest absolute Gasteiger partial charge is 0.326 e. The highest BCUT2D eigenvalue weighted by molar-refractivity contribution is 8.77. The zero-order chi connectivity index (χ0) is 14.2. The van der Waals surface area contributed by atoms with E-state index >= 15 is 0 Å². The summed E-state index contributed by atoms with van der Waals surface area (Å²) in [7, 11) is 3.97. The van der Waals surface area contributed by atoms with Crippen LogP contribution in [-0.2, 0) is 4.79 Å². The lowest BCUT2D eigenvalue weighted by Gasteiger charge is -2.08. The Labute approximate surface area is 132 Å². The number of nitrogens with one attached hydrogen (secondary N) is 1. The van der Waals surface area contributed by atoms with E-state index in [0.29, 0.717) is 18.5 Å². The van der Waals surface area contributed by atoms with Crippen LogP contribution in [0.1, 0.15) is 32.1 Å². The summed E-state index contributed by atoms with van der Waals surface area (Å²) in [5.41, 5.74) is 0.788. The van der Waals surface area contributed by atoms with E-state index in [0.717, 1.165) is 28.7 Å². The number of unbranched alkanes of at least 4 members (excludes halogenated alkanes) is 1. The SMILES string of the molecule is O=C(CCCCC1CCSS1)Nc1ccc(SO)cc1. The molecule has 0 saturated carbocycles. The Kier molecular flexibility index (Phi) is 7.13. The van der Waals surface area contributed by atoms with Gasteiger partial charge in [-0.1, -0.05) is 28.0 Å². The highest BCUT2D eigenvalue weighted by Crippen LogP contribution is 2.39. The van der Waals surface area contributed by atoms with Gasteiger partial charge in [0.25, 0.3) is 0 Å². The van der Waals surface area contributed by atoms with Crippen LogP contribution in [0.25, 0.3) is 0 Å². The van der Waals surface area contributed by atoms with Gasteiger partial charge in [-0.3, -0.25) is 4.79 Å². The molecule has 1 aromatic carbocycles. The van der Waals surface area contributed by atoms with Gasteiger partial charge in [0, 0.05) is 40.0 Å². The fourth-order valence-electron chi connectivity index (χ4n) is 2.04. The molecule has 1 aliphatic rings. The quantitative estimate of drug-likeness (QED) is 0.423. The Morgan fingerprint density at radius 3 is 2.80 bits per heavy atom. The maximum absolute atomic E-state index is 11.8. The van der Waals surface area contributed by atoms with Crippen molar-refractivity contribution in [3.8, 4) is 0 Å². The van der Waals surface area contributed by atoms with Gasteiger partial charge in [-0.2, -0.15) is 0 Å². The number of rotatable bonds is 7. The smallest absolute Gasteiger partial charge is 0.224 e. The molecule has 0 radical (unpaired) electrons. The molecule has 1 aromatic rings. The molecule has 1 fully saturated rings. The molecule has 0 aliphatic carbocycles. The molecule has 6 heteroatoms. The number of hydrogen-bond acceptors (Lipinski definition) is 5. The lowest BCUT2D eigenvalue weighted by atomic mass is 10.1. The standard InChI is InChI=1S/C14H19NO2S3/c16-14(4-2-1-3-13-9-10-18-20-13)15-11-5-7-12(19-17)8-6-11/h5-8,13,17H,1-4,9-10H2,(H,15,16). The maximum Gasteiger partial charge on any atom is 0.224 e. The van der Waals surface area contributed by atoms with E-state index < -0.39 is 0 Å². The molecule has 2 rings (SSSR count). The molecule has 1 amide bonds. The molecule has 0 bridgehead atoms. The predicted molar refractivity (Wildman–Crippen MR) is 90.5 cm³/mol. The van der Waals surface area contributed by atoms with E-state index in [4.69, 9.17) is 4.55 Å². The Bertz CT molecular complexity index is 419. The van der Waals surface area contributed by atoms with Gasteiger partial charge >= 0.3 is 0 Å². The summed E-state index contributed by atoms with van der Waals surface area (Å²) in [5, 5.41) is 3.68. The van der Waals surface area contributed by atoms with Crippen LogP contribution in [0.4, 0.5) is 5.69 Å². The van der Waals surface area contributed by atoms with Crippen LogP contribution in [0.2, 0.25) is 0 Å². The molecule has 0 spiro atoms. The average molecular weight is 330 g/mol. The first kappa shape index (κ1) is 16.1. The minimum atomic E-state index is 0.0721. The topological polar surface area (TPSA) is 49.3 Å². The van der Waals surface area contributed by atoms with E-state index in [1.54, 1.807) is 12.1 Å². The number of carbonyl (C=O) groups is 1. The van der Waals surface area contributed by atoms with Gasteiger partial charge in [-0.05, 0) is 43.5 Å². The second-order valence-corrected chi connectivity index (χ2v) is 8.18. The highest BCUT2D eigenvalue weighted by Gasteiger charge is 2.15. The van der Waals surface area contributed by atoms with Crippen molar-refractivity contribution in [2.24, 2.45) is 0 Å². The minimum absolute atomic E-state index is 0.0721. The lowest BCUT2D eigenvalue weighted by molar-refractivity contribution is -0.116. The molecule has 110 valence electrons. The first-order valence-electron chi connectivity index (χ1n) is 6.77. The van der Waals surface area contributed by atoms with Gasteiger partial charge in [0.1, 0.15) is 0 Å². The molecule has 20 heavy (non-hydrogen) atoms. The molecule has 1 unspecified atom stereocenters. The normalized spacial score (nSPS) is 18.1. The molecular weight excluding hydrogens is 310 g/mol. The van der Waals surface area contributed by atoms with Gasteiger partial charge in [0.15, 0.2) is 0 Å². The summed E-state index contributed by atoms with van der Waals surface area (Å²) < 4.78 is 8.87. The van der Waals surface area contributed by atoms with Crippen LogP contribution in [-0.4, -0.2) is 21.5 Å². The summed E-state index contributed by atoms with van der Waals surface area (Å²) >= 11 is 0.709. The van der Waals surface area contributed by atoms with E-state index in [2.05, 4.69) is 5.32 Å². The first-order valence-corrected chi connectivity index (χ1v) is 9.93. The first-order chi connectivity index (χ1) is 9.78. The molecule has 1 atom stereocenters. The summed E-state index contributed by atoms with van der Waals surface area (Å²) in [6.45, 7) is 0. The van der Waals surface area contributed by atoms with Crippen molar-refractivity contribution >= 4 is 45.2 Å². The van der Waals surface area contributed by atoms with Crippen molar-refractivity contribution in [3.63, 3.8) is 0 Å². The number of amides is 1. The molecule has 2 N–H and O–H groups in total. The van der Waals surface area contributed by atoms with Gasteiger partial charge in [0.05, 0.1) is 0 Å². The zero-order valence-corrected chi connectivity index (χ0v) is 13.7. The van der Waals surface area contributed by atoms with Crippen molar-refractivity contribution in [1.29, 1.82) is 0 Å². The number of benzene rings is 1. The maximum atomic E-state index is 11.8. The number of hydrogen-bond donors (Lipinski definition) is 2. The van der Waals surface area contributed by atoms with Crippen LogP contribution in [0.3, 0.4) is 0 Å². The van der Waals surface area contributed by atoms with Gasteiger partial charge < -0.3 is 9.87 Å². The minimum Gasteiger partial charge on any atom is -0.326 e. The Hall–Kier alpha value is -0.300. The van der Waals surface area contributed by atoms with Crippen LogP contribution in [0.15, 0.2) is 29.2 Å². The van der Waals surface area contributed by atoms with Crippen molar-refractivity contribution in [2.45, 2.75) is 42.2 Å². The third kappa shape index (κ3) is 5.60. The Morgan fingerprint density at radius 2 is 2.15 bits per heavy atom. The van der Waals surface area contributed by atoms with Crippen molar-refractivity contribution < 1.29 is 9.35 Å². The zero-order valence-electron chi connectivity index (χ0n) is 11.2. The van der Waals surface area contributed by atoms with Gasteiger partial charge in [-0.25, -0.2) is 0 Å². The van der Waals surface area contributed by atoms with E-state index in [9.17, 15) is 4.79 Å². The molecule has 1 saturated heterocycles. The van der Waals surface area contributed by atoms with Crippen LogP contribution < -0.4 is 5.32 Å². The van der Waals surface area contributed by atoms with Crippen LogP contribution in [0, 0.1) is 0 Å². The summed E-state index contributed by atoms with van der Waals surface area (Å²) in [5.74, 6) is 1.35. The molecule has 0 aromatic heterocycles. The van der Waals surface area contributed by atoms with Crippen molar-refractivity contribution in [2.75, 3.05) is 11.1 Å². The van der Waals surface area contributed by atoms with E-state index in [1.807, 2.05) is 33.7 Å². The molecular formula is C14H19NO2S3. The molecule has 1 aliphatic heterocycles. The summed E-state index contributed by atoms with van der Waals surface area (Å²) in [6, 6.07) is 7.19. The third-order valence-electron chi connectivity index (χ3n) is 3.15. The molecule has 1 heterocycles.